The van der Waals surface area contributed by atoms with Gasteiger partial charge in [0.1, 0.15) is 5.88 Å². The van der Waals surface area contributed by atoms with Gasteiger partial charge in [-0.1, -0.05) is 6.42 Å². The Hall–Kier alpha value is -0.240. The maximum Gasteiger partial charge on any atom is 0.237 e. The van der Waals surface area contributed by atoms with Crippen LogP contribution in [0.4, 0.5) is 0 Å². The molecule has 0 N–H and O–H groups in total. The second-order valence-corrected chi connectivity index (χ2v) is 4.39. The number of hydrogen-bond donors (Lipinski definition) is 0. The second kappa shape index (κ2) is 3.87. The molecule has 13 heavy (non-hydrogen) atoms. The van der Waals surface area contributed by atoms with Gasteiger partial charge in [-0.3, -0.25) is 4.79 Å². The normalized spacial score (nSPS) is 33.2. The highest BCUT2D eigenvalue weighted by Crippen LogP contribution is 2.36. The minimum atomic E-state index is 0.137. The smallest absolute Gasteiger partial charge is 0.237 e. The van der Waals surface area contributed by atoms with Crippen molar-refractivity contribution in [1.82, 2.24) is 4.90 Å². The maximum absolute atomic E-state index is 11.5. The third kappa shape index (κ3) is 1.69. The summed E-state index contributed by atoms with van der Waals surface area (Å²) in [6.45, 7) is 0.937. The van der Waals surface area contributed by atoms with Crippen molar-refractivity contribution in [3.05, 3.63) is 0 Å². The summed E-state index contributed by atoms with van der Waals surface area (Å²) in [7, 11) is 0. The number of carbonyl (C=O) groups excluding carboxylic acids is 1. The molecule has 2 rings (SSSR count). The quantitative estimate of drug-likeness (QED) is 0.595. The van der Waals surface area contributed by atoms with E-state index >= 15 is 0 Å². The molecule has 1 saturated heterocycles. The number of hydrogen-bond acceptors (Lipinski definition) is 1. The number of carbonyl (C=O) groups is 1. The van der Waals surface area contributed by atoms with Crippen molar-refractivity contribution in [2.45, 2.75) is 38.1 Å². The minimum Gasteiger partial charge on any atom is -0.338 e. The fraction of sp³-hybridized carbons (Fsp3) is 0.900. The Balaban J connectivity index is 2.05. The Bertz CT molecular complexity index is 207. The molecule has 1 heterocycles. The molecule has 0 aromatic heterocycles. The van der Waals surface area contributed by atoms with Gasteiger partial charge in [-0.15, -0.1) is 11.6 Å². The summed E-state index contributed by atoms with van der Waals surface area (Å²) in [5.74, 6) is 1.07. The molecular weight excluding hydrogens is 186 g/mol. The van der Waals surface area contributed by atoms with Crippen molar-refractivity contribution in [2.24, 2.45) is 5.92 Å². The lowest BCUT2D eigenvalue weighted by Crippen LogP contribution is -2.46. The zero-order chi connectivity index (χ0) is 9.26. The molecule has 1 amide bonds. The molecule has 0 aromatic rings. The van der Waals surface area contributed by atoms with E-state index in [-0.39, 0.29) is 11.8 Å². The third-order valence-electron chi connectivity index (χ3n) is 3.43. The Morgan fingerprint density at radius 1 is 1.31 bits per heavy atom. The van der Waals surface area contributed by atoms with Crippen LogP contribution in [0.15, 0.2) is 0 Å². The predicted octanol–water partition coefficient (Wildman–Crippen LogP) is 2.02. The van der Waals surface area contributed by atoms with Crippen LogP contribution < -0.4 is 0 Å². The van der Waals surface area contributed by atoms with Gasteiger partial charge in [0.15, 0.2) is 0 Å². The van der Waals surface area contributed by atoms with Gasteiger partial charge in [-0.2, -0.15) is 0 Å². The van der Waals surface area contributed by atoms with Crippen molar-refractivity contribution >= 4 is 17.5 Å². The first-order valence-corrected chi connectivity index (χ1v) is 5.72. The maximum atomic E-state index is 11.5. The van der Waals surface area contributed by atoms with Crippen LogP contribution in [-0.2, 0) is 4.79 Å². The first-order valence-electron chi connectivity index (χ1n) is 5.18. The summed E-state index contributed by atoms with van der Waals surface area (Å²) < 4.78 is 0. The molecule has 1 aliphatic heterocycles. The lowest BCUT2D eigenvalue weighted by atomic mass is 9.92. The number of rotatable bonds is 1. The van der Waals surface area contributed by atoms with Crippen LogP contribution in [0.2, 0.25) is 0 Å². The predicted molar refractivity (Wildman–Crippen MR) is 52.8 cm³/mol. The third-order valence-corrected chi connectivity index (χ3v) is 3.66. The monoisotopic (exact) mass is 201 g/mol. The Labute approximate surface area is 84.2 Å². The van der Waals surface area contributed by atoms with Crippen LogP contribution in [0.3, 0.4) is 0 Å². The molecule has 2 fully saturated rings. The van der Waals surface area contributed by atoms with Gasteiger partial charge < -0.3 is 4.90 Å². The molecule has 0 spiro atoms. The first kappa shape index (κ1) is 9.32. The van der Waals surface area contributed by atoms with E-state index in [0.717, 1.165) is 12.5 Å². The van der Waals surface area contributed by atoms with Gasteiger partial charge >= 0.3 is 0 Å². The van der Waals surface area contributed by atoms with Crippen LogP contribution in [0, 0.1) is 5.92 Å². The van der Waals surface area contributed by atoms with E-state index in [1.807, 2.05) is 4.90 Å². The molecule has 1 saturated carbocycles. The van der Waals surface area contributed by atoms with E-state index < -0.39 is 0 Å². The summed E-state index contributed by atoms with van der Waals surface area (Å²) in [6.07, 6.45) is 6.30. The zero-order valence-corrected chi connectivity index (χ0v) is 8.59. The highest BCUT2D eigenvalue weighted by molar-refractivity contribution is 6.27. The summed E-state index contributed by atoms with van der Waals surface area (Å²) in [5, 5.41) is 0. The molecule has 0 bridgehead atoms. The van der Waals surface area contributed by atoms with Crippen molar-refractivity contribution in [3.8, 4) is 0 Å². The largest absolute Gasteiger partial charge is 0.338 e. The van der Waals surface area contributed by atoms with E-state index in [9.17, 15) is 4.79 Å². The van der Waals surface area contributed by atoms with Crippen molar-refractivity contribution in [2.75, 3.05) is 12.4 Å². The summed E-state index contributed by atoms with van der Waals surface area (Å²) in [4.78, 5) is 13.5. The standard InChI is InChI=1S/C10H16ClNO/c11-7-10(13)12-6-2-4-8-3-1-5-9(8)12/h8-9H,1-7H2/t8-,9-/m1/s1. The van der Waals surface area contributed by atoms with Gasteiger partial charge in [0, 0.05) is 12.6 Å². The number of amides is 1. The van der Waals surface area contributed by atoms with Gasteiger partial charge in [0.25, 0.3) is 0 Å². The van der Waals surface area contributed by atoms with Crippen molar-refractivity contribution in [3.63, 3.8) is 0 Å². The number of nitrogens with zero attached hydrogens (tertiary/aromatic N) is 1. The van der Waals surface area contributed by atoms with Crippen LogP contribution in [-0.4, -0.2) is 29.3 Å². The Morgan fingerprint density at radius 3 is 2.85 bits per heavy atom. The number of likely N-dealkylation sites (tertiary alicyclic amines) is 1. The number of alkyl halides is 1. The number of piperidine rings is 1. The van der Waals surface area contributed by atoms with Crippen LogP contribution in [0.25, 0.3) is 0 Å². The molecular formula is C10H16ClNO. The van der Waals surface area contributed by atoms with Crippen molar-refractivity contribution < 1.29 is 4.79 Å². The van der Waals surface area contributed by atoms with Gasteiger partial charge in [0.2, 0.25) is 5.91 Å². The highest BCUT2D eigenvalue weighted by Gasteiger charge is 2.36. The number of halogens is 1. The zero-order valence-electron chi connectivity index (χ0n) is 7.84. The SMILES string of the molecule is O=C(CCl)N1CCC[C@H]2CCC[C@H]21. The minimum absolute atomic E-state index is 0.137. The van der Waals surface area contributed by atoms with Crippen LogP contribution >= 0.6 is 11.6 Å². The highest BCUT2D eigenvalue weighted by atomic mass is 35.5. The lowest BCUT2D eigenvalue weighted by molar-refractivity contribution is -0.133. The molecule has 0 radical (unpaired) electrons. The summed E-state index contributed by atoms with van der Waals surface area (Å²) >= 11 is 5.58. The number of fused-ring (bicyclic) bond motifs is 1. The van der Waals surface area contributed by atoms with E-state index in [1.54, 1.807) is 0 Å². The topological polar surface area (TPSA) is 20.3 Å². The van der Waals surface area contributed by atoms with E-state index in [1.165, 1.54) is 32.1 Å². The van der Waals surface area contributed by atoms with E-state index in [0.29, 0.717) is 6.04 Å². The van der Waals surface area contributed by atoms with Gasteiger partial charge in [-0.25, -0.2) is 0 Å². The summed E-state index contributed by atoms with van der Waals surface area (Å²) in [6, 6.07) is 0.528. The molecule has 0 aromatic carbocycles. The van der Waals surface area contributed by atoms with Crippen LogP contribution in [0.1, 0.15) is 32.1 Å². The van der Waals surface area contributed by atoms with E-state index in [4.69, 9.17) is 11.6 Å². The molecule has 1 aliphatic carbocycles. The van der Waals surface area contributed by atoms with Gasteiger partial charge in [-0.05, 0) is 31.6 Å². The average molecular weight is 202 g/mol. The Morgan fingerprint density at radius 2 is 2.08 bits per heavy atom. The fourth-order valence-electron chi connectivity index (χ4n) is 2.84. The summed E-state index contributed by atoms with van der Waals surface area (Å²) in [5.41, 5.74) is 0. The Kier molecular flexibility index (Phi) is 2.77. The van der Waals surface area contributed by atoms with Crippen molar-refractivity contribution in [1.29, 1.82) is 0 Å². The second-order valence-electron chi connectivity index (χ2n) is 4.12. The average Bonchev–Trinajstić information content (AvgIpc) is 2.63. The fourth-order valence-corrected chi connectivity index (χ4v) is 2.99. The molecule has 0 unspecified atom stereocenters. The van der Waals surface area contributed by atoms with Gasteiger partial charge in [0.05, 0.1) is 0 Å². The first-order chi connectivity index (χ1) is 6.33. The molecule has 3 heteroatoms. The van der Waals surface area contributed by atoms with E-state index in [2.05, 4.69) is 0 Å². The lowest BCUT2D eigenvalue weighted by Gasteiger charge is -2.37. The molecule has 2 nitrogen and oxygen atoms in total. The molecule has 74 valence electrons. The molecule has 2 atom stereocenters. The molecule has 2 aliphatic rings. The van der Waals surface area contributed by atoms with Crippen LogP contribution in [0.5, 0.6) is 0 Å².